The summed E-state index contributed by atoms with van der Waals surface area (Å²) in [5.74, 6) is 1.78. The summed E-state index contributed by atoms with van der Waals surface area (Å²) in [7, 11) is 0. The van der Waals surface area contributed by atoms with Crippen molar-refractivity contribution in [2.45, 2.75) is 13.3 Å². The monoisotopic (exact) mass is 369 g/mol. The third kappa shape index (κ3) is 4.03. The third-order valence-corrected chi connectivity index (χ3v) is 5.84. The predicted octanol–water partition coefficient (Wildman–Crippen LogP) is 2.38. The molecule has 1 aliphatic rings. The lowest BCUT2D eigenvalue weighted by Gasteiger charge is -2.23. The first kappa shape index (κ1) is 17.4. The summed E-state index contributed by atoms with van der Waals surface area (Å²) in [6, 6.07) is 12.7. The minimum atomic E-state index is 0.820. The van der Waals surface area contributed by atoms with Crippen LogP contribution in [0, 0.1) is 6.92 Å². The Hall–Kier alpha value is -2.02. The number of nitrogens with one attached hydrogen (secondary N) is 2. The second-order valence-corrected chi connectivity index (χ2v) is 7.74. The van der Waals surface area contributed by atoms with E-state index in [2.05, 4.69) is 45.6 Å². The maximum atomic E-state index is 5.42. The minimum Gasteiger partial charge on any atom is -0.370 e. The van der Waals surface area contributed by atoms with E-state index >= 15 is 0 Å². The van der Waals surface area contributed by atoms with E-state index < -0.39 is 0 Å². The number of nitrogens with zero attached hydrogens (tertiary/aromatic N) is 2. The highest BCUT2D eigenvalue weighted by Crippen LogP contribution is 2.35. The standard InChI is InChI=1S/C20H24N4OS/c1-15-22-19(21-8-5-9-24-10-12-25-13-11-24)17-14-18(26-20(17)23-15)16-6-3-2-4-7-16/h2-4,6-7,14H,5,8-13H2,1H3,(H,21,22,23)/p+1. The van der Waals surface area contributed by atoms with Gasteiger partial charge >= 0.3 is 0 Å². The van der Waals surface area contributed by atoms with Gasteiger partial charge in [0.1, 0.15) is 29.6 Å². The van der Waals surface area contributed by atoms with Crippen molar-refractivity contribution in [1.29, 1.82) is 0 Å². The molecule has 0 radical (unpaired) electrons. The van der Waals surface area contributed by atoms with E-state index in [9.17, 15) is 0 Å². The Bertz CT molecular complexity index is 859. The number of benzene rings is 1. The molecule has 5 nitrogen and oxygen atoms in total. The summed E-state index contributed by atoms with van der Waals surface area (Å²) in [6.45, 7) is 8.13. The average molecular weight is 370 g/mol. The molecule has 1 aromatic carbocycles. The topological polar surface area (TPSA) is 51.5 Å². The summed E-state index contributed by atoms with van der Waals surface area (Å²) in [4.78, 5) is 13.2. The smallest absolute Gasteiger partial charge is 0.138 e. The molecule has 1 aliphatic heterocycles. The zero-order valence-corrected chi connectivity index (χ0v) is 15.9. The summed E-state index contributed by atoms with van der Waals surface area (Å²) < 4.78 is 5.42. The lowest BCUT2D eigenvalue weighted by atomic mass is 10.2. The van der Waals surface area contributed by atoms with E-state index in [1.165, 1.54) is 17.0 Å². The third-order valence-electron chi connectivity index (χ3n) is 4.76. The molecule has 0 spiro atoms. The number of hydrogen-bond acceptors (Lipinski definition) is 5. The maximum Gasteiger partial charge on any atom is 0.138 e. The van der Waals surface area contributed by atoms with Gasteiger partial charge in [0.05, 0.1) is 25.1 Å². The van der Waals surface area contributed by atoms with Crippen LogP contribution in [-0.4, -0.2) is 49.4 Å². The molecule has 6 heteroatoms. The molecule has 26 heavy (non-hydrogen) atoms. The molecule has 3 aromatic rings. The lowest BCUT2D eigenvalue weighted by molar-refractivity contribution is -0.908. The number of aromatic nitrogens is 2. The maximum absolute atomic E-state index is 5.42. The predicted molar refractivity (Wildman–Crippen MR) is 107 cm³/mol. The highest BCUT2D eigenvalue weighted by Gasteiger charge is 2.14. The summed E-state index contributed by atoms with van der Waals surface area (Å²) in [6.07, 6.45) is 1.13. The number of hydrogen-bond donors (Lipinski definition) is 2. The van der Waals surface area contributed by atoms with Crippen LogP contribution in [0.2, 0.25) is 0 Å². The van der Waals surface area contributed by atoms with E-state index in [0.29, 0.717) is 0 Å². The second-order valence-electron chi connectivity index (χ2n) is 6.71. The van der Waals surface area contributed by atoms with Crippen molar-refractivity contribution in [2.24, 2.45) is 0 Å². The van der Waals surface area contributed by atoms with Gasteiger partial charge in [0.2, 0.25) is 0 Å². The van der Waals surface area contributed by atoms with Crippen LogP contribution in [0.3, 0.4) is 0 Å². The summed E-state index contributed by atoms with van der Waals surface area (Å²) >= 11 is 1.73. The van der Waals surface area contributed by atoms with Crippen LogP contribution < -0.4 is 10.2 Å². The normalized spacial score (nSPS) is 15.4. The highest BCUT2D eigenvalue weighted by molar-refractivity contribution is 7.21. The highest BCUT2D eigenvalue weighted by atomic mass is 32.1. The van der Waals surface area contributed by atoms with Crippen molar-refractivity contribution >= 4 is 27.4 Å². The number of ether oxygens (including phenoxy) is 1. The van der Waals surface area contributed by atoms with E-state index in [1.807, 2.05) is 13.0 Å². The Labute approximate surface area is 158 Å². The van der Waals surface area contributed by atoms with Crippen LogP contribution in [0.5, 0.6) is 0 Å². The van der Waals surface area contributed by atoms with E-state index in [0.717, 1.165) is 61.1 Å². The molecule has 3 heterocycles. The van der Waals surface area contributed by atoms with Gasteiger partial charge in [0.15, 0.2) is 0 Å². The first-order chi connectivity index (χ1) is 12.8. The summed E-state index contributed by atoms with van der Waals surface area (Å²) in [5.41, 5.74) is 1.23. The number of rotatable bonds is 6. The van der Waals surface area contributed by atoms with E-state index in [4.69, 9.17) is 4.74 Å². The van der Waals surface area contributed by atoms with Gasteiger partial charge in [-0.3, -0.25) is 0 Å². The number of thiophene rings is 1. The number of anilines is 1. The molecule has 0 saturated carbocycles. The Morgan fingerprint density at radius 2 is 1.96 bits per heavy atom. The van der Waals surface area contributed by atoms with Crippen molar-refractivity contribution in [3.63, 3.8) is 0 Å². The van der Waals surface area contributed by atoms with Crippen molar-refractivity contribution in [3.05, 3.63) is 42.2 Å². The molecule has 1 fully saturated rings. The minimum absolute atomic E-state index is 0.820. The van der Waals surface area contributed by atoms with E-state index in [1.54, 1.807) is 16.2 Å². The molecule has 0 atom stereocenters. The Morgan fingerprint density at radius 3 is 2.77 bits per heavy atom. The SMILES string of the molecule is Cc1nc(NCCC[NH+]2CCOCC2)c2cc(-c3ccccc3)sc2n1. The number of quaternary nitrogens is 1. The van der Waals surface area contributed by atoms with Crippen LogP contribution in [0.4, 0.5) is 5.82 Å². The number of morpholine rings is 1. The van der Waals surface area contributed by atoms with Gasteiger partial charge in [-0.2, -0.15) is 0 Å². The zero-order chi connectivity index (χ0) is 17.8. The Morgan fingerprint density at radius 1 is 1.15 bits per heavy atom. The molecule has 1 saturated heterocycles. The van der Waals surface area contributed by atoms with Crippen LogP contribution in [0.15, 0.2) is 36.4 Å². The van der Waals surface area contributed by atoms with Crippen molar-refractivity contribution < 1.29 is 9.64 Å². The van der Waals surface area contributed by atoms with Gasteiger partial charge in [-0.1, -0.05) is 30.3 Å². The van der Waals surface area contributed by atoms with Gasteiger partial charge in [-0.15, -0.1) is 11.3 Å². The fraction of sp³-hybridized carbons (Fsp3) is 0.400. The molecule has 2 aromatic heterocycles. The van der Waals surface area contributed by atoms with Crippen LogP contribution in [0.1, 0.15) is 12.2 Å². The van der Waals surface area contributed by atoms with Crippen molar-refractivity contribution in [3.8, 4) is 10.4 Å². The molecule has 0 unspecified atom stereocenters. The van der Waals surface area contributed by atoms with Gasteiger partial charge in [-0.25, -0.2) is 9.97 Å². The molecule has 4 rings (SSSR count). The number of fused-ring (bicyclic) bond motifs is 1. The largest absolute Gasteiger partial charge is 0.370 e. The van der Waals surface area contributed by atoms with Gasteiger partial charge in [-0.05, 0) is 18.6 Å². The van der Waals surface area contributed by atoms with Gasteiger partial charge < -0.3 is 15.0 Å². The van der Waals surface area contributed by atoms with Crippen molar-refractivity contribution in [2.75, 3.05) is 44.7 Å². The zero-order valence-electron chi connectivity index (χ0n) is 15.1. The molecule has 0 aliphatic carbocycles. The fourth-order valence-electron chi connectivity index (χ4n) is 3.36. The molecule has 136 valence electrons. The molecule has 2 N–H and O–H groups in total. The molecular weight excluding hydrogens is 344 g/mol. The Balaban J connectivity index is 1.46. The van der Waals surface area contributed by atoms with E-state index in [-0.39, 0.29) is 0 Å². The summed E-state index contributed by atoms with van der Waals surface area (Å²) in [5, 5.41) is 4.67. The molecular formula is C20H25N4OS+. The lowest BCUT2D eigenvalue weighted by Crippen LogP contribution is -3.14. The Kier molecular flexibility index (Phi) is 5.43. The second kappa shape index (κ2) is 8.12. The quantitative estimate of drug-likeness (QED) is 0.655. The first-order valence-electron chi connectivity index (χ1n) is 9.28. The number of aryl methyl sites for hydroxylation is 1. The van der Waals surface area contributed by atoms with Gasteiger partial charge in [0.25, 0.3) is 0 Å². The van der Waals surface area contributed by atoms with Crippen LogP contribution in [0.25, 0.3) is 20.7 Å². The van der Waals surface area contributed by atoms with Crippen molar-refractivity contribution in [1.82, 2.24) is 9.97 Å². The van der Waals surface area contributed by atoms with Gasteiger partial charge in [0, 0.05) is 17.8 Å². The van der Waals surface area contributed by atoms with Crippen LogP contribution >= 0.6 is 11.3 Å². The molecule has 0 amide bonds. The van der Waals surface area contributed by atoms with Crippen LogP contribution in [-0.2, 0) is 4.74 Å². The first-order valence-corrected chi connectivity index (χ1v) is 10.1. The average Bonchev–Trinajstić information content (AvgIpc) is 3.11. The fourth-order valence-corrected chi connectivity index (χ4v) is 4.45. The molecule has 0 bridgehead atoms.